The molecule has 108 valence electrons. The van der Waals surface area contributed by atoms with Gasteiger partial charge in [-0.3, -0.25) is 9.69 Å². The van der Waals surface area contributed by atoms with Gasteiger partial charge in [-0.25, -0.2) is 4.98 Å². The van der Waals surface area contributed by atoms with E-state index >= 15 is 0 Å². The van der Waals surface area contributed by atoms with Gasteiger partial charge in [-0.05, 0) is 37.9 Å². The third-order valence-corrected chi connectivity index (χ3v) is 4.41. The summed E-state index contributed by atoms with van der Waals surface area (Å²) in [5.74, 6) is 0.669. The first-order valence-electron chi connectivity index (χ1n) is 7.47. The Kier molecular flexibility index (Phi) is 3.87. The molecule has 0 radical (unpaired) electrons. The smallest absolute Gasteiger partial charge is 0.270 e. The molecular formula is C15H22N4O. The van der Waals surface area contributed by atoms with Crippen LogP contribution in [-0.4, -0.2) is 48.0 Å². The molecule has 2 unspecified atom stereocenters. The number of fused-ring (bicyclic) bond motifs is 1. The van der Waals surface area contributed by atoms with E-state index in [2.05, 4.69) is 20.5 Å². The van der Waals surface area contributed by atoms with Gasteiger partial charge >= 0.3 is 0 Å². The molecule has 5 nitrogen and oxygen atoms in total. The first-order valence-corrected chi connectivity index (χ1v) is 7.47. The fourth-order valence-electron chi connectivity index (χ4n) is 3.36. The number of hydrogen-bond donors (Lipinski definition) is 2. The molecule has 1 amide bonds. The van der Waals surface area contributed by atoms with Crippen LogP contribution in [0.25, 0.3) is 0 Å². The lowest BCUT2D eigenvalue weighted by atomic mass is 9.99. The van der Waals surface area contributed by atoms with Gasteiger partial charge in [0.2, 0.25) is 0 Å². The number of aromatic nitrogens is 1. The van der Waals surface area contributed by atoms with Crippen LogP contribution >= 0.6 is 0 Å². The van der Waals surface area contributed by atoms with Crippen molar-refractivity contribution in [2.45, 2.75) is 37.8 Å². The highest BCUT2D eigenvalue weighted by Gasteiger charge is 2.36. The molecule has 2 N–H and O–H groups in total. The van der Waals surface area contributed by atoms with Crippen molar-refractivity contribution < 1.29 is 4.79 Å². The predicted octanol–water partition coefficient (Wildman–Crippen LogP) is 1.48. The Balaban J connectivity index is 1.66. The zero-order chi connectivity index (χ0) is 13.9. The Morgan fingerprint density at radius 3 is 3.05 bits per heavy atom. The summed E-state index contributed by atoms with van der Waals surface area (Å²) < 4.78 is 0. The van der Waals surface area contributed by atoms with E-state index < -0.39 is 0 Å². The lowest BCUT2D eigenvalue weighted by Gasteiger charge is -2.32. The molecule has 0 spiro atoms. The molecule has 20 heavy (non-hydrogen) atoms. The van der Waals surface area contributed by atoms with Gasteiger partial charge in [-0.2, -0.15) is 0 Å². The molecule has 0 aliphatic carbocycles. The molecule has 0 saturated carbocycles. The van der Waals surface area contributed by atoms with Gasteiger partial charge in [0.25, 0.3) is 5.91 Å². The fourth-order valence-corrected chi connectivity index (χ4v) is 3.36. The summed E-state index contributed by atoms with van der Waals surface area (Å²) >= 11 is 0. The number of piperidine rings is 1. The summed E-state index contributed by atoms with van der Waals surface area (Å²) in [5, 5.41) is 6.14. The van der Waals surface area contributed by atoms with E-state index in [9.17, 15) is 4.79 Å². The van der Waals surface area contributed by atoms with Crippen molar-refractivity contribution in [3.8, 4) is 0 Å². The highest BCUT2D eigenvalue weighted by atomic mass is 16.2. The van der Waals surface area contributed by atoms with E-state index in [0.717, 1.165) is 18.8 Å². The van der Waals surface area contributed by atoms with Gasteiger partial charge in [-0.1, -0.05) is 12.5 Å². The minimum atomic E-state index is -0.0560. The Bertz CT molecular complexity index is 491. The minimum Gasteiger partial charge on any atom is -0.373 e. The predicted molar refractivity (Wildman–Crippen MR) is 78.9 cm³/mol. The van der Waals surface area contributed by atoms with Crippen molar-refractivity contribution >= 4 is 11.7 Å². The van der Waals surface area contributed by atoms with Crippen LogP contribution in [0.3, 0.4) is 0 Å². The fraction of sp³-hybridized carbons (Fsp3) is 0.600. The van der Waals surface area contributed by atoms with Crippen molar-refractivity contribution in [1.82, 2.24) is 15.2 Å². The SMILES string of the molecule is CNc1cccc(C(=O)NC2CCN3CCCCC23)n1. The molecule has 3 heterocycles. The number of nitrogens with one attached hydrogen (secondary N) is 2. The summed E-state index contributed by atoms with van der Waals surface area (Å²) in [7, 11) is 1.81. The number of rotatable bonds is 3. The number of nitrogens with zero attached hydrogens (tertiary/aromatic N) is 2. The highest BCUT2D eigenvalue weighted by Crippen LogP contribution is 2.27. The summed E-state index contributed by atoms with van der Waals surface area (Å²) in [4.78, 5) is 19.1. The van der Waals surface area contributed by atoms with Gasteiger partial charge in [0, 0.05) is 25.7 Å². The highest BCUT2D eigenvalue weighted by molar-refractivity contribution is 5.92. The largest absolute Gasteiger partial charge is 0.373 e. The molecular weight excluding hydrogens is 252 g/mol. The third kappa shape index (κ3) is 2.63. The van der Waals surface area contributed by atoms with Crippen molar-refractivity contribution in [3.05, 3.63) is 23.9 Å². The summed E-state index contributed by atoms with van der Waals surface area (Å²) in [5.41, 5.74) is 0.492. The van der Waals surface area contributed by atoms with E-state index in [1.54, 1.807) is 13.1 Å². The second kappa shape index (κ2) is 5.79. The van der Waals surface area contributed by atoms with Crippen LogP contribution in [0.15, 0.2) is 18.2 Å². The zero-order valence-electron chi connectivity index (χ0n) is 11.9. The molecule has 0 bridgehead atoms. The van der Waals surface area contributed by atoms with Gasteiger partial charge in [0.1, 0.15) is 11.5 Å². The van der Waals surface area contributed by atoms with Gasteiger partial charge < -0.3 is 10.6 Å². The average Bonchev–Trinajstić information content (AvgIpc) is 2.90. The van der Waals surface area contributed by atoms with E-state index in [-0.39, 0.29) is 11.9 Å². The van der Waals surface area contributed by atoms with Crippen molar-refractivity contribution in [3.63, 3.8) is 0 Å². The number of hydrogen-bond acceptors (Lipinski definition) is 4. The van der Waals surface area contributed by atoms with Crippen LogP contribution in [0.4, 0.5) is 5.82 Å². The van der Waals surface area contributed by atoms with E-state index in [1.165, 1.54) is 25.8 Å². The zero-order valence-corrected chi connectivity index (χ0v) is 11.9. The van der Waals surface area contributed by atoms with Gasteiger partial charge in [0.05, 0.1) is 0 Å². The number of anilines is 1. The molecule has 1 aromatic rings. The maximum Gasteiger partial charge on any atom is 0.270 e. The molecule has 2 atom stereocenters. The first kappa shape index (κ1) is 13.4. The number of carbonyl (C=O) groups is 1. The Morgan fingerprint density at radius 2 is 2.20 bits per heavy atom. The molecule has 2 aliphatic heterocycles. The van der Waals surface area contributed by atoms with Crippen LogP contribution in [0, 0.1) is 0 Å². The Hall–Kier alpha value is -1.62. The van der Waals surface area contributed by atoms with Gasteiger partial charge in [-0.15, -0.1) is 0 Å². The number of pyridine rings is 1. The maximum atomic E-state index is 12.3. The molecule has 2 fully saturated rings. The Labute approximate surface area is 119 Å². The molecule has 1 aromatic heterocycles. The normalized spacial score (nSPS) is 26.1. The van der Waals surface area contributed by atoms with Crippen molar-refractivity contribution in [2.24, 2.45) is 0 Å². The average molecular weight is 274 g/mol. The number of carbonyl (C=O) groups excluding carboxylic acids is 1. The lowest BCUT2D eigenvalue weighted by molar-refractivity contribution is 0.0910. The lowest BCUT2D eigenvalue weighted by Crippen LogP contribution is -2.46. The van der Waals surface area contributed by atoms with E-state index in [1.807, 2.05) is 12.1 Å². The second-order valence-electron chi connectivity index (χ2n) is 5.63. The van der Waals surface area contributed by atoms with Crippen LogP contribution in [0.5, 0.6) is 0 Å². The second-order valence-corrected chi connectivity index (χ2v) is 5.63. The molecule has 2 saturated heterocycles. The summed E-state index contributed by atoms with van der Waals surface area (Å²) in [6, 6.07) is 6.29. The maximum absolute atomic E-state index is 12.3. The van der Waals surface area contributed by atoms with E-state index in [0.29, 0.717) is 11.7 Å². The van der Waals surface area contributed by atoms with Crippen molar-refractivity contribution in [1.29, 1.82) is 0 Å². The molecule has 2 aliphatic rings. The first-order chi connectivity index (χ1) is 9.78. The standard InChI is InChI=1S/C15H22N4O/c1-16-14-7-4-5-12(17-14)15(20)18-11-8-10-19-9-3-2-6-13(11)19/h4-5,7,11,13H,2-3,6,8-10H2,1H3,(H,16,17)(H,18,20). The van der Waals surface area contributed by atoms with Crippen LogP contribution in [0.2, 0.25) is 0 Å². The molecule has 5 heteroatoms. The molecule has 0 aromatic carbocycles. The Morgan fingerprint density at radius 1 is 1.30 bits per heavy atom. The van der Waals surface area contributed by atoms with Gasteiger partial charge in [0.15, 0.2) is 0 Å². The topological polar surface area (TPSA) is 57.3 Å². The summed E-state index contributed by atoms with van der Waals surface area (Å²) in [6.45, 7) is 2.30. The summed E-state index contributed by atoms with van der Waals surface area (Å²) in [6.07, 6.45) is 4.83. The quantitative estimate of drug-likeness (QED) is 0.876. The number of amides is 1. The van der Waals surface area contributed by atoms with E-state index in [4.69, 9.17) is 0 Å². The van der Waals surface area contributed by atoms with Crippen molar-refractivity contribution in [2.75, 3.05) is 25.5 Å². The van der Waals surface area contributed by atoms with Crippen LogP contribution in [-0.2, 0) is 0 Å². The van der Waals surface area contributed by atoms with Crippen LogP contribution < -0.4 is 10.6 Å². The minimum absolute atomic E-state index is 0.0560. The monoisotopic (exact) mass is 274 g/mol. The van der Waals surface area contributed by atoms with Crippen LogP contribution in [0.1, 0.15) is 36.2 Å². The molecule has 3 rings (SSSR count). The third-order valence-electron chi connectivity index (χ3n) is 4.41.